The largest absolute Gasteiger partial charge is 0.333 e. The van der Waals surface area contributed by atoms with E-state index in [-0.39, 0.29) is 11.8 Å². The number of carbonyl (C=O) groups is 2. The molecule has 2 heterocycles. The number of benzene rings is 3. The summed E-state index contributed by atoms with van der Waals surface area (Å²) in [6.07, 6.45) is 3.96. The fourth-order valence-electron chi connectivity index (χ4n) is 3.81. The van der Waals surface area contributed by atoms with Crippen LogP contribution in [0.1, 0.15) is 11.1 Å². The number of rotatable bonds is 6. The number of amides is 2. The second kappa shape index (κ2) is 11.0. The molecule has 0 fully saturated rings. The number of carbonyl (C=O) groups excluding carboxylic acids is 2. The minimum Gasteiger partial charge on any atom is -0.333 e. The molecule has 0 radical (unpaired) electrons. The molecule has 0 saturated carbocycles. The highest BCUT2D eigenvalue weighted by molar-refractivity contribution is 8.18. The van der Waals surface area contributed by atoms with Crippen LogP contribution in [0.15, 0.2) is 95.0 Å². The first kappa shape index (κ1) is 24.7. The van der Waals surface area contributed by atoms with Crippen LogP contribution in [-0.2, 0) is 16.0 Å². The van der Waals surface area contributed by atoms with Gasteiger partial charge in [0, 0.05) is 17.3 Å². The summed E-state index contributed by atoms with van der Waals surface area (Å²) in [4.78, 5) is 34.1. The second-order valence-corrected chi connectivity index (χ2v) is 9.83. The van der Waals surface area contributed by atoms with E-state index < -0.39 is 6.04 Å². The van der Waals surface area contributed by atoms with Crippen molar-refractivity contribution in [2.45, 2.75) is 12.5 Å². The lowest BCUT2D eigenvalue weighted by Gasteiger charge is -2.14. The number of hydrogen-bond donors (Lipinski definition) is 3. The topological polar surface area (TPSA) is 109 Å². The Kier molecular flexibility index (Phi) is 7.32. The predicted octanol–water partition coefficient (Wildman–Crippen LogP) is 5.48. The van der Waals surface area contributed by atoms with Crippen molar-refractivity contribution in [3.05, 3.63) is 106 Å². The summed E-state index contributed by atoms with van der Waals surface area (Å²) < 4.78 is 0. The van der Waals surface area contributed by atoms with E-state index in [0.29, 0.717) is 32.9 Å². The van der Waals surface area contributed by atoms with Gasteiger partial charge in [0.2, 0.25) is 5.91 Å². The Hall–Kier alpha value is -3.98. The molecule has 2 amide bonds. The summed E-state index contributed by atoms with van der Waals surface area (Å²) in [6.45, 7) is 0. The Morgan fingerprint density at radius 3 is 2.73 bits per heavy atom. The summed E-state index contributed by atoms with van der Waals surface area (Å²) in [6, 6.07) is 23.5. The standard InChI is InChI=1S/C28H22ClN5O2S/c29-21-10-9-20(32-26(35)22(30)14-17-5-2-1-3-6-17)16-24(21)33-28-34-27(36)25(37-28)15-18-8-11-23-19(13-18)7-4-12-31-23/h1-13,15-16,22H,14,30H2,(H,32,35)(H,33,34,36)/t22-/m0/s1. The van der Waals surface area contributed by atoms with Crippen LogP contribution in [0, 0.1) is 0 Å². The Bertz CT molecular complexity index is 1560. The summed E-state index contributed by atoms with van der Waals surface area (Å²) in [5.41, 5.74) is 9.87. The van der Waals surface area contributed by atoms with Crippen molar-refractivity contribution in [3.8, 4) is 0 Å². The molecular formula is C28H22ClN5O2S. The lowest BCUT2D eigenvalue weighted by molar-refractivity contribution is -0.117. The first-order valence-electron chi connectivity index (χ1n) is 11.5. The zero-order valence-electron chi connectivity index (χ0n) is 19.5. The molecule has 5 rings (SSSR count). The van der Waals surface area contributed by atoms with Gasteiger partial charge in [-0.3, -0.25) is 14.6 Å². The van der Waals surface area contributed by atoms with E-state index in [1.807, 2.05) is 60.7 Å². The first-order valence-corrected chi connectivity index (χ1v) is 12.7. The zero-order chi connectivity index (χ0) is 25.8. The molecule has 4 aromatic rings. The van der Waals surface area contributed by atoms with Gasteiger partial charge in [0.1, 0.15) is 0 Å². The molecule has 0 unspecified atom stereocenters. The van der Waals surface area contributed by atoms with Gasteiger partial charge >= 0.3 is 0 Å². The van der Waals surface area contributed by atoms with Gasteiger partial charge in [-0.2, -0.15) is 4.99 Å². The maximum atomic E-state index is 12.6. The molecule has 9 heteroatoms. The highest BCUT2D eigenvalue weighted by atomic mass is 35.5. The Balaban J connectivity index is 1.25. The number of anilines is 2. The number of thioether (sulfide) groups is 1. The number of amidine groups is 1. The number of pyridine rings is 1. The zero-order valence-corrected chi connectivity index (χ0v) is 21.1. The number of nitrogens with two attached hydrogens (primary N) is 1. The van der Waals surface area contributed by atoms with Crippen LogP contribution >= 0.6 is 23.4 Å². The molecule has 0 bridgehead atoms. The van der Waals surface area contributed by atoms with E-state index in [2.05, 4.69) is 20.6 Å². The van der Waals surface area contributed by atoms with E-state index >= 15 is 0 Å². The number of aromatic nitrogens is 1. The SMILES string of the molecule is N[C@@H](Cc1ccccc1)C(=O)Nc1ccc(Cl)c(NC2=NC(=O)C(=Cc3ccc4ncccc4c3)S2)c1. The molecule has 1 aromatic heterocycles. The quantitative estimate of drug-likeness (QED) is 0.286. The number of aliphatic imine (C=N–C) groups is 1. The van der Waals surface area contributed by atoms with E-state index in [4.69, 9.17) is 17.3 Å². The van der Waals surface area contributed by atoms with E-state index in [1.54, 1.807) is 30.5 Å². The minimum absolute atomic E-state index is 0.310. The normalized spacial score (nSPS) is 15.0. The van der Waals surface area contributed by atoms with Crippen LogP contribution in [0.25, 0.3) is 17.0 Å². The van der Waals surface area contributed by atoms with Gasteiger partial charge in [0.15, 0.2) is 5.17 Å². The van der Waals surface area contributed by atoms with Crippen molar-refractivity contribution in [1.82, 2.24) is 4.98 Å². The molecule has 1 atom stereocenters. The van der Waals surface area contributed by atoms with Gasteiger partial charge in [-0.25, -0.2) is 0 Å². The molecule has 1 aliphatic heterocycles. The van der Waals surface area contributed by atoms with Gasteiger partial charge in [-0.05, 0) is 71.8 Å². The monoisotopic (exact) mass is 527 g/mol. The van der Waals surface area contributed by atoms with Gasteiger partial charge < -0.3 is 16.4 Å². The van der Waals surface area contributed by atoms with Crippen LogP contribution in [0.4, 0.5) is 11.4 Å². The average molecular weight is 528 g/mol. The lowest BCUT2D eigenvalue weighted by atomic mass is 10.1. The molecule has 3 aromatic carbocycles. The van der Waals surface area contributed by atoms with Gasteiger partial charge in [-0.15, -0.1) is 0 Å². The first-order chi connectivity index (χ1) is 17.9. The number of nitrogens with one attached hydrogen (secondary N) is 2. The van der Waals surface area contributed by atoms with Crippen molar-refractivity contribution < 1.29 is 9.59 Å². The predicted molar refractivity (Wildman–Crippen MR) is 152 cm³/mol. The van der Waals surface area contributed by atoms with Crippen LogP contribution in [-0.4, -0.2) is 28.0 Å². The van der Waals surface area contributed by atoms with Crippen molar-refractivity contribution in [2.75, 3.05) is 10.6 Å². The summed E-state index contributed by atoms with van der Waals surface area (Å²) in [5.74, 6) is -0.651. The van der Waals surface area contributed by atoms with Crippen molar-refractivity contribution in [1.29, 1.82) is 0 Å². The smallest absolute Gasteiger partial charge is 0.286 e. The number of fused-ring (bicyclic) bond motifs is 1. The third-order valence-corrected chi connectivity index (χ3v) is 6.88. The highest BCUT2D eigenvalue weighted by Gasteiger charge is 2.23. The molecule has 0 spiro atoms. The summed E-state index contributed by atoms with van der Waals surface area (Å²) >= 11 is 7.59. The third kappa shape index (κ3) is 6.06. The molecule has 1 aliphatic rings. The fourth-order valence-corrected chi connectivity index (χ4v) is 4.80. The molecule has 0 aliphatic carbocycles. The number of nitrogens with zero attached hydrogens (tertiary/aromatic N) is 2. The van der Waals surface area contributed by atoms with Gasteiger partial charge in [-0.1, -0.05) is 54.1 Å². The van der Waals surface area contributed by atoms with Gasteiger partial charge in [0.25, 0.3) is 5.91 Å². The molecule has 184 valence electrons. The van der Waals surface area contributed by atoms with Gasteiger partial charge in [0.05, 0.1) is 27.2 Å². The van der Waals surface area contributed by atoms with Crippen LogP contribution in [0.3, 0.4) is 0 Å². The highest BCUT2D eigenvalue weighted by Crippen LogP contribution is 2.32. The van der Waals surface area contributed by atoms with Crippen molar-refractivity contribution in [2.24, 2.45) is 10.7 Å². The van der Waals surface area contributed by atoms with Crippen molar-refractivity contribution in [3.63, 3.8) is 0 Å². The Labute approximate surface area is 222 Å². The minimum atomic E-state index is -0.708. The van der Waals surface area contributed by atoms with Crippen LogP contribution in [0.5, 0.6) is 0 Å². The second-order valence-electron chi connectivity index (χ2n) is 8.39. The maximum Gasteiger partial charge on any atom is 0.286 e. The average Bonchev–Trinajstić information content (AvgIpc) is 3.24. The molecule has 4 N–H and O–H groups in total. The van der Waals surface area contributed by atoms with Crippen LogP contribution in [0.2, 0.25) is 5.02 Å². The Morgan fingerprint density at radius 1 is 1.05 bits per heavy atom. The van der Waals surface area contributed by atoms with E-state index in [9.17, 15) is 9.59 Å². The third-order valence-electron chi connectivity index (χ3n) is 5.66. The molecule has 0 saturated heterocycles. The Morgan fingerprint density at radius 2 is 1.89 bits per heavy atom. The van der Waals surface area contributed by atoms with E-state index in [1.165, 1.54) is 11.8 Å². The maximum absolute atomic E-state index is 12.6. The van der Waals surface area contributed by atoms with Crippen LogP contribution < -0.4 is 16.4 Å². The number of halogens is 1. The summed E-state index contributed by atoms with van der Waals surface area (Å²) in [5, 5.41) is 7.72. The van der Waals surface area contributed by atoms with E-state index in [0.717, 1.165) is 22.0 Å². The molecule has 7 nitrogen and oxygen atoms in total. The number of hydrogen-bond acceptors (Lipinski definition) is 6. The lowest BCUT2D eigenvalue weighted by Crippen LogP contribution is -2.37. The molecule has 37 heavy (non-hydrogen) atoms. The van der Waals surface area contributed by atoms with Crippen molar-refractivity contribution >= 4 is 68.7 Å². The summed E-state index contributed by atoms with van der Waals surface area (Å²) in [7, 11) is 0. The fraction of sp³-hybridized carbons (Fsp3) is 0.0714. The molecular weight excluding hydrogens is 506 g/mol.